The predicted octanol–water partition coefficient (Wildman–Crippen LogP) is 8.33. The number of ketones is 1. The summed E-state index contributed by atoms with van der Waals surface area (Å²) in [6.07, 6.45) is 4.21. The summed E-state index contributed by atoms with van der Waals surface area (Å²) in [5.41, 5.74) is 4.76. The van der Waals surface area contributed by atoms with Crippen molar-refractivity contribution in [1.82, 2.24) is 0 Å². The van der Waals surface area contributed by atoms with Crippen molar-refractivity contribution >= 4 is 45.6 Å². The smallest absolute Gasteiger partial charge is 0.347 e. The number of allylic oxidation sites excluding steroid dienone is 2. The maximum absolute atomic E-state index is 13.9. The van der Waals surface area contributed by atoms with Crippen molar-refractivity contribution in [2.45, 2.75) is 81.6 Å². The standard InChI is InChI=1S/C41H43BrO11/c1-12-26-23(9)32(38(45)46)24(10)30(17(2)3)37(26)53-40(48)31-18(4)15-28(19(5)20(31)6)51-41(49)33-21(7)22(8)36(34(42)35(33)44)52-39(47)27-14-13-25(43)16-29(27)50-11/h13-17,27,44H,12H2,1-11H3,(H,45,46). The number of aryl methyl sites for hydroxylation is 1. The molecule has 0 spiro atoms. The van der Waals surface area contributed by atoms with Crippen LogP contribution in [0.25, 0.3) is 0 Å². The fraction of sp³-hybridized carbons (Fsp3) is 0.341. The quantitative estimate of drug-likeness (QED) is 0.150. The molecule has 0 bridgehead atoms. The van der Waals surface area contributed by atoms with Crippen LogP contribution in [0.5, 0.6) is 23.0 Å². The van der Waals surface area contributed by atoms with Gasteiger partial charge in [-0.2, -0.15) is 0 Å². The SMILES string of the molecule is CCc1c(C)c(C(=O)O)c(C)c(C(C)C)c1OC(=O)c1c(C)cc(OC(=O)c2c(C)c(C)c(OC(=O)C3C=CC(=O)C=C3OC)c(Br)c2O)c(C)c1C. The summed E-state index contributed by atoms with van der Waals surface area (Å²) in [6.45, 7) is 17.4. The summed E-state index contributed by atoms with van der Waals surface area (Å²) >= 11 is 3.26. The highest BCUT2D eigenvalue weighted by Crippen LogP contribution is 2.44. The number of carbonyl (C=O) groups is 5. The van der Waals surface area contributed by atoms with Crippen LogP contribution in [0.2, 0.25) is 0 Å². The van der Waals surface area contributed by atoms with Crippen LogP contribution in [0.15, 0.2) is 34.5 Å². The highest BCUT2D eigenvalue weighted by Gasteiger charge is 2.32. The van der Waals surface area contributed by atoms with Gasteiger partial charge in [0.25, 0.3) is 0 Å². The van der Waals surface area contributed by atoms with Crippen LogP contribution in [0.4, 0.5) is 0 Å². The highest BCUT2D eigenvalue weighted by atomic mass is 79.9. The number of phenols is 1. The number of esters is 3. The molecule has 53 heavy (non-hydrogen) atoms. The minimum atomic E-state index is -1.04. The molecule has 1 unspecified atom stereocenters. The van der Waals surface area contributed by atoms with Gasteiger partial charge in [-0.3, -0.25) is 9.59 Å². The second-order valence-corrected chi connectivity index (χ2v) is 14.1. The van der Waals surface area contributed by atoms with Gasteiger partial charge < -0.3 is 29.2 Å². The number of carbonyl (C=O) groups excluding carboxylic acids is 4. The zero-order valence-corrected chi connectivity index (χ0v) is 33.2. The third-order valence-electron chi connectivity index (χ3n) is 9.78. The Balaban J connectivity index is 1.68. The summed E-state index contributed by atoms with van der Waals surface area (Å²) in [4.78, 5) is 64.6. The first kappa shape index (κ1) is 40.5. The summed E-state index contributed by atoms with van der Waals surface area (Å²) in [5.74, 6) is -4.76. The van der Waals surface area contributed by atoms with Crippen LogP contribution in [-0.2, 0) is 20.7 Å². The molecule has 2 N–H and O–H groups in total. The van der Waals surface area contributed by atoms with E-state index in [0.717, 1.165) is 0 Å². The maximum atomic E-state index is 13.9. The van der Waals surface area contributed by atoms with Crippen LogP contribution >= 0.6 is 15.9 Å². The normalized spacial score (nSPS) is 13.9. The largest absolute Gasteiger partial charge is 0.506 e. The van der Waals surface area contributed by atoms with E-state index in [-0.39, 0.29) is 55.7 Å². The van der Waals surface area contributed by atoms with Gasteiger partial charge in [-0.05, 0) is 133 Å². The van der Waals surface area contributed by atoms with Crippen molar-refractivity contribution < 1.29 is 53.1 Å². The van der Waals surface area contributed by atoms with E-state index in [4.69, 9.17) is 18.9 Å². The molecule has 1 aliphatic carbocycles. The molecule has 280 valence electrons. The fourth-order valence-corrected chi connectivity index (χ4v) is 7.36. The topological polar surface area (TPSA) is 163 Å². The summed E-state index contributed by atoms with van der Waals surface area (Å²) < 4.78 is 22.7. The van der Waals surface area contributed by atoms with Gasteiger partial charge in [0.1, 0.15) is 39.0 Å². The van der Waals surface area contributed by atoms with E-state index in [2.05, 4.69) is 15.9 Å². The molecule has 1 aliphatic rings. The summed E-state index contributed by atoms with van der Waals surface area (Å²) in [6, 6.07) is 1.54. The first-order valence-corrected chi connectivity index (χ1v) is 17.7. The van der Waals surface area contributed by atoms with Crippen LogP contribution in [0, 0.1) is 54.4 Å². The molecule has 0 saturated carbocycles. The average molecular weight is 792 g/mol. The van der Waals surface area contributed by atoms with E-state index < -0.39 is 35.5 Å². The second kappa shape index (κ2) is 15.8. The number of phenolic OH excluding ortho intramolecular Hbond substituents is 1. The molecule has 0 aliphatic heterocycles. The molecule has 11 nitrogen and oxygen atoms in total. The number of hydrogen-bond donors (Lipinski definition) is 2. The first-order chi connectivity index (χ1) is 24.8. The lowest BCUT2D eigenvalue weighted by Crippen LogP contribution is -2.25. The first-order valence-electron chi connectivity index (χ1n) is 16.9. The van der Waals surface area contributed by atoms with E-state index >= 15 is 0 Å². The van der Waals surface area contributed by atoms with E-state index in [1.165, 1.54) is 25.3 Å². The van der Waals surface area contributed by atoms with Crippen molar-refractivity contribution in [2.75, 3.05) is 7.11 Å². The van der Waals surface area contributed by atoms with E-state index in [9.17, 15) is 34.2 Å². The van der Waals surface area contributed by atoms with Crippen molar-refractivity contribution in [1.29, 1.82) is 0 Å². The average Bonchev–Trinajstić information content (AvgIpc) is 3.07. The predicted molar refractivity (Wildman–Crippen MR) is 201 cm³/mol. The Kier molecular flexibility index (Phi) is 12.1. The molecular weight excluding hydrogens is 748 g/mol. The number of methoxy groups -OCH3 is 1. The Morgan fingerprint density at radius 3 is 1.98 bits per heavy atom. The van der Waals surface area contributed by atoms with Gasteiger partial charge in [0.05, 0.1) is 18.2 Å². The monoisotopic (exact) mass is 790 g/mol. The molecular formula is C41H43BrO11. The number of carboxylic acids is 1. The van der Waals surface area contributed by atoms with Gasteiger partial charge in [0, 0.05) is 11.6 Å². The number of aromatic hydroxyl groups is 1. The molecule has 3 aromatic carbocycles. The van der Waals surface area contributed by atoms with Gasteiger partial charge in [-0.25, -0.2) is 14.4 Å². The molecule has 0 radical (unpaired) electrons. The van der Waals surface area contributed by atoms with Crippen LogP contribution in [0.3, 0.4) is 0 Å². The van der Waals surface area contributed by atoms with Gasteiger partial charge in [0.15, 0.2) is 11.5 Å². The molecule has 0 fully saturated rings. The van der Waals surface area contributed by atoms with E-state index in [0.29, 0.717) is 56.7 Å². The Bertz CT molecular complexity index is 2120. The summed E-state index contributed by atoms with van der Waals surface area (Å²) in [5, 5.41) is 21.1. The van der Waals surface area contributed by atoms with Crippen LogP contribution in [-0.4, -0.2) is 47.0 Å². The third kappa shape index (κ3) is 7.50. The van der Waals surface area contributed by atoms with Gasteiger partial charge >= 0.3 is 23.9 Å². The zero-order valence-electron chi connectivity index (χ0n) is 31.6. The van der Waals surface area contributed by atoms with Crippen molar-refractivity contribution in [3.8, 4) is 23.0 Å². The Morgan fingerprint density at radius 2 is 1.42 bits per heavy atom. The molecule has 0 aromatic heterocycles. The van der Waals surface area contributed by atoms with Gasteiger partial charge in [-0.1, -0.05) is 26.8 Å². The molecule has 0 amide bonds. The van der Waals surface area contributed by atoms with Crippen LogP contribution < -0.4 is 14.2 Å². The third-order valence-corrected chi connectivity index (χ3v) is 10.5. The van der Waals surface area contributed by atoms with E-state index in [1.807, 2.05) is 20.8 Å². The number of aromatic carboxylic acids is 1. The lowest BCUT2D eigenvalue weighted by atomic mass is 9.86. The molecule has 12 heteroatoms. The minimum absolute atomic E-state index is 0.0251. The maximum Gasteiger partial charge on any atom is 0.347 e. The number of hydrogen-bond acceptors (Lipinski definition) is 10. The van der Waals surface area contributed by atoms with Crippen molar-refractivity contribution in [2.24, 2.45) is 5.92 Å². The van der Waals surface area contributed by atoms with Crippen molar-refractivity contribution in [3.05, 3.63) is 101 Å². The van der Waals surface area contributed by atoms with E-state index in [1.54, 1.807) is 54.5 Å². The van der Waals surface area contributed by atoms with Crippen LogP contribution in [0.1, 0.15) is 108 Å². The fourth-order valence-electron chi connectivity index (χ4n) is 6.79. The molecule has 3 aromatic rings. The lowest BCUT2D eigenvalue weighted by Gasteiger charge is -2.24. The number of carboxylic acid groups (broad SMARTS) is 1. The highest BCUT2D eigenvalue weighted by molar-refractivity contribution is 9.10. The second-order valence-electron chi connectivity index (χ2n) is 13.3. The van der Waals surface area contributed by atoms with Gasteiger partial charge in [-0.15, -0.1) is 0 Å². The number of ether oxygens (including phenoxy) is 4. The molecule has 1 atom stereocenters. The van der Waals surface area contributed by atoms with Crippen molar-refractivity contribution in [3.63, 3.8) is 0 Å². The zero-order chi connectivity index (χ0) is 39.8. The number of benzene rings is 3. The minimum Gasteiger partial charge on any atom is -0.506 e. The van der Waals surface area contributed by atoms with Gasteiger partial charge in [0.2, 0.25) is 0 Å². The number of halogens is 1. The molecule has 0 saturated heterocycles. The Morgan fingerprint density at radius 1 is 0.811 bits per heavy atom. The molecule has 4 rings (SSSR count). The summed E-state index contributed by atoms with van der Waals surface area (Å²) in [7, 11) is 1.33. The lowest BCUT2D eigenvalue weighted by molar-refractivity contribution is -0.137. The number of rotatable bonds is 10. The Hall–Kier alpha value is -5.23. The molecule has 0 heterocycles. The Labute approximate surface area is 316 Å².